The number of nitro benzene ring substituents is 1. The Morgan fingerprint density at radius 1 is 0.939 bits per heavy atom. The molecule has 0 saturated carbocycles. The fourth-order valence-corrected chi connectivity index (χ4v) is 5.09. The van der Waals surface area contributed by atoms with Crippen molar-refractivity contribution >= 4 is 21.6 Å². The number of sulfonamides is 1. The van der Waals surface area contributed by atoms with Gasteiger partial charge in [0, 0.05) is 43.4 Å². The molecule has 0 radical (unpaired) electrons. The summed E-state index contributed by atoms with van der Waals surface area (Å²) in [6.07, 6.45) is 0. The van der Waals surface area contributed by atoms with E-state index in [1.165, 1.54) is 37.8 Å². The van der Waals surface area contributed by atoms with Gasteiger partial charge in [-0.25, -0.2) is 8.42 Å². The number of benzene rings is 2. The molecule has 2 aromatic rings. The molecular formula is C21H25N3O8S. The van der Waals surface area contributed by atoms with Crippen LogP contribution in [0.25, 0.3) is 0 Å². The molecule has 1 amide bonds. The first-order valence-electron chi connectivity index (χ1n) is 9.98. The van der Waals surface area contributed by atoms with Crippen LogP contribution in [0.3, 0.4) is 0 Å². The van der Waals surface area contributed by atoms with Crippen LogP contribution < -0.4 is 14.2 Å². The Hall–Kier alpha value is -3.38. The third-order valence-corrected chi connectivity index (χ3v) is 7.40. The summed E-state index contributed by atoms with van der Waals surface area (Å²) in [5.41, 5.74) is 0.701. The highest BCUT2D eigenvalue weighted by Crippen LogP contribution is 2.32. The summed E-state index contributed by atoms with van der Waals surface area (Å²) in [7, 11) is 0.288. The van der Waals surface area contributed by atoms with E-state index in [1.54, 1.807) is 17.0 Å². The lowest BCUT2D eigenvalue weighted by Gasteiger charge is -2.34. The molecule has 33 heavy (non-hydrogen) atoms. The fourth-order valence-electron chi connectivity index (χ4n) is 3.65. The lowest BCUT2D eigenvalue weighted by atomic mass is 10.1. The number of piperazine rings is 1. The lowest BCUT2D eigenvalue weighted by Crippen LogP contribution is -2.50. The van der Waals surface area contributed by atoms with E-state index in [4.69, 9.17) is 14.2 Å². The maximum atomic E-state index is 13.0. The second-order valence-corrected chi connectivity index (χ2v) is 9.23. The van der Waals surface area contributed by atoms with E-state index in [1.807, 2.05) is 6.92 Å². The molecule has 0 aliphatic carbocycles. The Balaban J connectivity index is 1.78. The number of nitro groups is 1. The summed E-state index contributed by atoms with van der Waals surface area (Å²) >= 11 is 0. The maximum Gasteiger partial charge on any atom is 0.312 e. The number of amides is 1. The van der Waals surface area contributed by atoms with Gasteiger partial charge in [-0.2, -0.15) is 4.31 Å². The van der Waals surface area contributed by atoms with Crippen molar-refractivity contribution in [1.82, 2.24) is 9.21 Å². The number of carbonyl (C=O) groups is 1. The Morgan fingerprint density at radius 2 is 1.48 bits per heavy atom. The van der Waals surface area contributed by atoms with Gasteiger partial charge in [0.1, 0.15) is 11.5 Å². The summed E-state index contributed by atoms with van der Waals surface area (Å²) in [5, 5.41) is 11.3. The highest BCUT2D eigenvalue weighted by molar-refractivity contribution is 7.89. The number of hydrogen-bond acceptors (Lipinski definition) is 8. The summed E-state index contributed by atoms with van der Waals surface area (Å²) < 4.78 is 42.9. The third-order valence-electron chi connectivity index (χ3n) is 5.51. The summed E-state index contributed by atoms with van der Waals surface area (Å²) in [6, 6.07) is 6.75. The van der Waals surface area contributed by atoms with Crippen molar-refractivity contribution < 1.29 is 32.3 Å². The van der Waals surface area contributed by atoms with Gasteiger partial charge in [-0.05, 0) is 31.2 Å². The molecule has 1 saturated heterocycles. The SMILES string of the molecule is COc1ccc(S(=O)(=O)N2CCN(C(=O)c3cc(OC)c(C)c(OC)c3)CC2)cc1[N+](=O)[O-]. The number of ether oxygens (including phenoxy) is 3. The van der Waals surface area contributed by atoms with Crippen LogP contribution in [0.2, 0.25) is 0 Å². The Kier molecular flexibility index (Phi) is 7.08. The predicted molar refractivity (Wildman–Crippen MR) is 119 cm³/mol. The molecule has 0 spiro atoms. The average Bonchev–Trinajstić information content (AvgIpc) is 2.83. The molecule has 0 unspecified atom stereocenters. The lowest BCUT2D eigenvalue weighted by molar-refractivity contribution is -0.386. The van der Waals surface area contributed by atoms with Crippen molar-refractivity contribution in [1.29, 1.82) is 0 Å². The molecule has 0 atom stereocenters. The number of carbonyl (C=O) groups excluding carboxylic acids is 1. The molecule has 0 bridgehead atoms. The largest absolute Gasteiger partial charge is 0.496 e. The first-order valence-corrected chi connectivity index (χ1v) is 11.4. The average molecular weight is 480 g/mol. The first kappa shape index (κ1) is 24.3. The molecule has 11 nitrogen and oxygen atoms in total. The molecule has 178 valence electrons. The van der Waals surface area contributed by atoms with Crippen LogP contribution in [-0.2, 0) is 10.0 Å². The minimum atomic E-state index is -3.99. The Labute approximate surface area is 191 Å². The van der Waals surface area contributed by atoms with Crippen molar-refractivity contribution in [2.24, 2.45) is 0 Å². The van der Waals surface area contributed by atoms with E-state index < -0.39 is 20.6 Å². The van der Waals surface area contributed by atoms with Crippen LogP contribution in [0.5, 0.6) is 17.2 Å². The van der Waals surface area contributed by atoms with E-state index in [0.717, 1.165) is 11.6 Å². The number of rotatable bonds is 7. The van der Waals surface area contributed by atoms with Crippen molar-refractivity contribution in [2.75, 3.05) is 47.5 Å². The van der Waals surface area contributed by atoms with Crippen LogP contribution in [0.1, 0.15) is 15.9 Å². The third kappa shape index (κ3) is 4.71. The summed E-state index contributed by atoms with van der Waals surface area (Å²) in [6.45, 7) is 2.24. The van der Waals surface area contributed by atoms with Gasteiger partial charge >= 0.3 is 5.69 Å². The summed E-state index contributed by atoms with van der Waals surface area (Å²) in [5.74, 6) is 0.724. The van der Waals surface area contributed by atoms with Crippen molar-refractivity contribution in [3.05, 3.63) is 51.6 Å². The highest BCUT2D eigenvalue weighted by Gasteiger charge is 2.32. The Bertz CT molecular complexity index is 1150. The predicted octanol–water partition coefficient (Wildman–Crippen LogP) is 2.08. The van der Waals surface area contributed by atoms with Crippen LogP contribution in [0.15, 0.2) is 35.2 Å². The quantitative estimate of drug-likeness (QED) is 0.436. The Morgan fingerprint density at radius 3 is 1.97 bits per heavy atom. The van der Waals surface area contributed by atoms with Crippen LogP contribution in [0, 0.1) is 17.0 Å². The standard InChI is InChI=1S/C21H25N3O8S/c1-14-19(31-3)11-15(12-20(14)32-4)21(25)22-7-9-23(10-8-22)33(28,29)16-5-6-18(30-2)17(13-16)24(26)27/h5-6,11-13H,7-10H2,1-4H3. The van der Waals surface area contributed by atoms with Gasteiger partial charge < -0.3 is 19.1 Å². The monoisotopic (exact) mass is 479 g/mol. The number of methoxy groups -OCH3 is 3. The van der Waals surface area contributed by atoms with Gasteiger partial charge in [0.05, 0.1) is 31.1 Å². The number of nitrogens with zero attached hydrogens (tertiary/aromatic N) is 3. The van der Waals surface area contributed by atoms with Crippen molar-refractivity contribution in [2.45, 2.75) is 11.8 Å². The minimum absolute atomic E-state index is 0.0293. The molecule has 1 fully saturated rings. The van der Waals surface area contributed by atoms with E-state index >= 15 is 0 Å². The van der Waals surface area contributed by atoms with Crippen molar-refractivity contribution in [3.63, 3.8) is 0 Å². The molecular weight excluding hydrogens is 454 g/mol. The molecule has 3 rings (SSSR count). The second kappa shape index (κ2) is 9.63. The number of hydrogen-bond donors (Lipinski definition) is 0. The van der Waals surface area contributed by atoms with Gasteiger partial charge in [-0.3, -0.25) is 14.9 Å². The molecule has 2 aromatic carbocycles. The zero-order valence-electron chi connectivity index (χ0n) is 18.7. The fraction of sp³-hybridized carbons (Fsp3) is 0.381. The van der Waals surface area contributed by atoms with Gasteiger partial charge in [-0.15, -0.1) is 0 Å². The minimum Gasteiger partial charge on any atom is -0.496 e. The van der Waals surface area contributed by atoms with E-state index in [0.29, 0.717) is 17.1 Å². The van der Waals surface area contributed by atoms with Gasteiger partial charge in [0.15, 0.2) is 5.75 Å². The first-order chi connectivity index (χ1) is 15.6. The van der Waals surface area contributed by atoms with E-state index in [-0.39, 0.29) is 42.7 Å². The molecule has 1 aliphatic rings. The topological polar surface area (TPSA) is 129 Å². The van der Waals surface area contributed by atoms with Crippen LogP contribution >= 0.6 is 0 Å². The van der Waals surface area contributed by atoms with Crippen LogP contribution in [0.4, 0.5) is 5.69 Å². The zero-order valence-corrected chi connectivity index (χ0v) is 19.5. The van der Waals surface area contributed by atoms with Crippen molar-refractivity contribution in [3.8, 4) is 17.2 Å². The molecule has 0 N–H and O–H groups in total. The van der Waals surface area contributed by atoms with Gasteiger partial charge in [0.25, 0.3) is 5.91 Å². The molecule has 12 heteroatoms. The summed E-state index contributed by atoms with van der Waals surface area (Å²) in [4.78, 5) is 24.9. The zero-order chi connectivity index (χ0) is 24.3. The normalized spacial score (nSPS) is 14.6. The molecule has 1 aliphatic heterocycles. The molecule has 1 heterocycles. The highest BCUT2D eigenvalue weighted by atomic mass is 32.2. The van der Waals surface area contributed by atoms with E-state index in [2.05, 4.69) is 0 Å². The van der Waals surface area contributed by atoms with Crippen LogP contribution in [-0.4, -0.2) is 76.0 Å². The van der Waals surface area contributed by atoms with Gasteiger partial charge in [-0.1, -0.05) is 0 Å². The maximum absolute atomic E-state index is 13.0. The molecule has 0 aromatic heterocycles. The van der Waals surface area contributed by atoms with Gasteiger partial charge in [0.2, 0.25) is 10.0 Å². The van der Waals surface area contributed by atoms with E-state index in [9.17, 15) is 23.3 Å². The smallest absolute Gasteiger partial charge is 0.312 e. The second-order valence-electron chi connectivity index (χ2n) is 7.29.